The fraction of sp³-hybridized carbons (Fsp3) is 0.519. The van der Waals surface area contributed by atoms with Gasteiger partial charge in [0, 0.05) is 22.4 Å². The number of imidazole rings is 1. The van der Waals surface area contributed by atoms with Crippen LogP contribution in [-0.4, -0.2) is 47.2 Å². The maximum absolute atomic E-state index is 13.7. The lowest BCUT2D eigenvalue weighted by molar-refractivity contribution is 0.0176. The number of halogens is 2. The maximum Gasteiger partial charge on any atom is 0.475 e. The first-order chi connectivity index (χ1) is 19.6. The number of nitrogens with zero attached hydrogens (tertiary/aromatic N) is 3. The summed E-state index contributed by atoms with van der Waals surface area (Å²) in [6.07, 6.45) is 1.66. The monoisotopic (exact) mass is 655 g/mol. The highest BCUT2D eigenvalue weighted by Crippen LogP contribution is 2.58. The van der Waals surface area contributed by atoms with Gasteiger partial charge >= 0.3 is 7.82 Å². The van der Waals surface area contributed by atoms with Gasteiger partial charge in [0.15, 0.2) is 19.5 Å². The molecular weight excluding hydrogens is 620 g/mol. The highest BCUT2D eigenvalue weighted by Gasteiger charge is 2.48. The van der Waals surface area contributed by atoms with E-state index in [9.17, 15) is 9.36 Å². The first-order valence-electron chi connectivity index (χ1n) is 13.7. The van der Waals surface area contributed by atoms with E-state index < -0.39 is 27.8 Å². The third kappa shape index (κ3) is 6.27. The number of hydrogen-bond donors (Lipinski definition) is 2. The van der Waals surface area contributed by atoms with Crippen LogP contribution in [0.3, 0.4) is 0 Å². The van der Waals surface area contributed by atoms with Crippen molar-refractivity contribution in [2.45, 2.75) is 70.0 Å². The Morgan fingerprint density at radius 1 is 1.26 bits per heavy atom. The molecule has 1 unspecified atom stereocenters. The third-order valence-corrected chi connectivity index (χ3v) is 14.8. The van der Waals surface area contributed by atoms with E-state index in [0.29, 0.717) is 34.1 Å². The molecule has 3 aromatic rings. The Morgan fingerprint density at radius 2 is 1.95 bits per heavy atom. The van der Waals surface area contributed by atoms with Crippen molar-refractivity contribution < 1.29 is 22.6 Å². The first kappa shape index (κ1) is 31.4. The second kappa shape index (κ2) is 11.5. The van der Waals surface area contributed by atoms with Crippen molar-refractivity contribution in [1.82, 2.24) is 19.5 Å². The van der Waals surface area contributed by atoms with Crippen LogP contribution in [0.25, 0.3) is 11.2 Å². The largest absolute Gasteiger partial charge is 0.475 e. The van der Waals surface area contributed by atoms with Crippen LogP contribution in [0.5, 0.6) is 0 Å². The van der Waals surface area contributed by atoms with Crippen LogP contribution in [0, 0.1) is 5.92 Å². The normalized spacial score (nSPS) is 27.2. The average Bonchev–Trinajstić information content (AvgIpc) is 3.42. The van der Waals surface area contributed by atoms with Crippen molar-refractivity contribution in [2.75, 3.05) is 18.9 Å². The van der Waals surface area contributed by atoms with Gasteiger partial charge in [-0.1, -0.05) is 50.6 Å². The highest BCUT2D eigenvalue weighted by atomic mass is 35.5. The number of benzene rings is 1. The SMILES string of the molecule is C=C1C(n2cnc3c(=O)[nH]c(N)nc32)C[C@H](O[Si](C)(C)C(C)(C)C)[C@H]1CO[P@]1(=O)OCC[C@H](c2cc(Cl)cc(Cl)c2)O1. The summed E-state index contributed by atoms with van der Waals surface area (Å²) in [7, 11) is -6.20. The number of fused-ring (bicyclic) bond motifs is 1. The van der Waals surface area contributed by atoms with Crippen LogP contribution in [0.15, 0.2) is 41.5 Å². The zero-order chi connectivity index (χ0) is 30.6. The molecule has 228 valence electrons. The Bertz CT molecular complexity index is 1600. The Hall–Kier alpha value is -2.02. The summed E-state index contributed by atoms with van der Waals surface area (Å²) in [5, 5.41) is 0.844. The van der Waals surface area contributed by atoms with Crippen LogP contribution in [0.4, 0.5) is 5.95 Å². The Morgan fingerprint density at radius 3 is 2.62 bits per heavy atom. The van der Waals surface area contributed by atoms with Crippen molar-refractivity contribution in [3.8, 4) is 0 Å². The van der Waals surface area contributed by atoms with Crippen molar-refractivity contribution in [3.63, 3.8) is 0 Å². The summed E-state index contributed by atoms with van der Waals surface area (Å²) in [5.41, 5.74) is 7.41. The van der Waals surface area contributed by atoms with E-state index in [1.54, 1.807) is 29.1 Å². The summed E-state index contributed by atoms with van der Waals surface area (Å²) in [6.45, 7) is 15.4. The molecular formula is C27H36Cl2N5O6PSi. The molecule has 1 aliphatic carbocycles. The van der Waals surface area contributed by atoms with Crippen LogP contribution < -0.4 is 11.3 Å². The van der Waals surface area contributed by atoms with Crippen molar-refractivity contribution in [3.05, 3.63) is 62.6 Å². The van der Waals surface area contributed by atoms with Gasteiger partial charge in [-0.25, -0.2) is 9.55 Å². The number of anilines is 1. The number of rotatable bonds is 7. The number of nitrogens with two attached hydrogens (primary N) is 1. The second-order valence-corrected chi connectivity index (χ2v) is 19.5. The third-order valence-electron chi connectivity index (χ3n) is 8.40. The van der Waals surface area contributed by atoms with Gasteiger partial charge in [0.05, 0.1) is 37.8 Å². The molecule has 1 aromatic carbocycles. The predicted octanol–water partition coefficient (Wildman–Crippen LogP) is 6.82. The molecule has 42 heavy (non-hydrogen) atoms. The van der Waals surface area contributed by atoms with E-state index in [1.165, 1.54) is 0 Å². The zero-order valence-electron chi connectivity index (χ0n) is 24.2. The average molecular weight is 657 g/mol. The number of nitrogen functional groups attached to an aromatic ring is 1. The van der Waals surface area contributed by atoms with Gasteiger partial charge in [0.1, 0.15) is 0 Å². The van der Waals surface area contributed by atoms with Crippen LogP contribution in [0.1, 0.15) is 51.3 Å². The molecule has 1 saturated heterocycles. The van der Waals surface area contributed by atoms with Crippen LogP contribution >= 0.6 is 31.0 Å². The van der Waals surface area contributed by atoms with E-state index in [-0.39, 0.29) is 47.8 Å². The summed E-state index contributed by atoms with van der Waals surface area (Å²) in [6, 6.07) is 4.75. The highest BCUT2D eigenvalue weighted by molar-refractivity contribution is 7.48. The number of phosphoric acid groups is 1. The predicted molar refractivity (Wildman–Crippen MR) is 165 cm³/mol. The molecule has 15 heteroatoms. The minimum absolute atomic E-state index is 0.00736. The summed E-state index contributed by atoms with van der Waals surface area (Å²) in [5.74, 6) is -0.369. The molecule has 5 rings (SSSR count). The first-order valence-corrected chi connectivity index (χ1v) is 18.8. The van der Waals surface area contributed by atoms with Gasteiger partial charge in [-0.3, -0.25) is 23.3 Å². The molecule has 0 bridgehead atoms. The molecule has 2 aromatic heterocycles. The molecule has 1 aliphatic heterocycles. The molecule has 0 amide bonds. The summed E-state index contributed by atoms with van der Waals surface area (Å²) < 4.78 is 39.8. The minimum Gasteiger partial charge on any atom is -0.413 e. The molecule has 5 atom stereocenters. The number of nitrogens with one attached hydrogen (secondary N) is 1. The molecule has 2 aliphatic rings. The zero-order valence-corrected chi connectivity index (χ0v) is 27.6. The second-order valence-electron chi connectivity index (χ2n) is 12.3. The van der Waals surface area contributed by atoms with Gasteiger partial charge in [-0.05, 0) is 53.9 Å². The molecule has 3 heterocycles. The number of hydrogen-bond acceptors (Lipinski definition) is 9. The topological polar surface area (TPSA) is 144 Å². The molecule has 1 saturated carbocycles. The van der Waals surface area contributed by atoms with Crippen molar-refractivity contribution in [1.29, 1.82) is 0 Å². The van der Waals surface area contributed by atoms with Crippen molar-refractivity contribution >= 4 is 56.5 Å². The number of phosphoric ester groups is 1. The van der Waals surface area contributed by atoms with Gasteiger partial charge in [0.25, 0.3) is 5.56 Å². The van der Waals surface area contributed by atoms with Crippen molar-refractivity contribution in [2.24, 2.45) is 5.92 Å². The lowest BCUT2D eigenvalue weighted by Gasteiger charge is -2.40. The molecule has 3 N–H and O–H groups in total. The number of aromatic nitrogens is 4. The van der Waals surface area contributed by atoms with E-state index in [2.05, 4.69) is 55.4 Å². The number of aromatic amines is 1. The minimum atomic E-state index is -3.95. The molecule has 2 fully saturated rings. The lowest BCUT2D eigenvalue weighted by Crippen LogP contribution is -2.45. The standard InChI is InChI=1S/C27H36Cl2N5O6PSi/c1-15-19(13-38-41(36)37-8-7-21(39-41)16-9-17(28)11-18(29)10-16)22(40-42(5,6)27(2,3)4)12-20(15)34-14-31-23-24(34)32-26(30)33-25(23)35/h9-11,14,19-22H,1,7-8,12-13H2,2-6H3,(H3,30,32,33,35)/t19-,20?,21+,22-,41-/m0/s1. The fourth-order valence-corrected chi connectivity index (χ4v) is 8.44. The molecule has 11 nitrogen and oxygen atoms in total. The van der Waals surface area contributed by atoms with Crippen LogP contribution in [-0.2, 0) is 22.6 Å². The van der Waals surface area contributed by atoms with Gasteiger partial charge in [-0.2, -0.15) is 4.98 Å². The van der Waals surface area contributed by atoms with Crippen LogP contribution in [0.2, 0.25) is 28.2 Å². The quantitative estimate of drug-likeness (QED) is 0.159. The summed E-state index contributed by atoms with van der Waals surface area (Å²) in [4.78, 5) is 23.5. The molecule has 0 radical (unpaired) electrons. The smallest absolute Gasteiger partial charge is 0.413 e. The Balaban J connectivity index is 1.41. The van der Waals surface area contributed by atoms with E-state index in [0.717, 1.165) is 5.57 Å². The fourth-order valence-electron chi connectivity index (χ4n) is 5.12. The van der Waals surface area contributed by atoms with Gasteiger partial charge in [-0.15, -0.1) is 0 Å². The Kier molecular flexibility index (Phi) is 8.58. The van der Waals surface area contributed by atoms with Gasteiger partial charge in [0.2, 0.25) is 5.95 Å². The van der Waals surface area contributed by atoms with E-state index in [1.807, 2.05) is 0 Å². The lowest BCUT2D eigenvalue weighted by atomic mass is 10.0. The summed E-state index contributed by atoms with van der Waals surface area (Å²) >= 11 is 12.4. The Labute approximate surface area is 255 Å². The van der Waals surface area contributed by atoms with Gasteiger partial charge < -0.3 is 14.7 Å². The van der Waals surface area contributed by atoms with E-state index in [4.69, 9.17) is 46.9 Å². The molecule has 0 spiro atoms. The van der Waals surface area contributed by atoms with E-state index >= 15 is 0 Å². The number of H-pyrrole nitrogens is 1. The maximum atomic E-state index is 13.7.